The van der Waals surface area contributed by atoms with Gasteiger partial charge in [0, 0.05) is 16.3 Å². The van der Waals surface area contributed by atoms with Crippen LogP contribution in [0.2, 0.25) is 5.02 Å². The number of hydrogen-bond acceptors (Lipinski definition) is 5. The van der Waals surface area contributed by atoms with Crippen LogP contribution in [-0.4, -0.2) is 15.2 Å². The van der Waals surface area contributed by atoms with E-state index in [1.807, 2.05) is 37.3 Å². The molecule has 132 valence electrons. The third-order valence-corrected chi connectivity index (χ3v) is 5.28. The van der Waals surface area contributed by atoms with Gasteiger partial charge in [0.05, 0.1) is 16.6 Å². The number of hydrogen-bond donors (Lipinski definition) is 1. The predicted molar refractivity (Wildman–Crippen MR) is 108 cm³/mol. The second kappa shape index (κ2) is 8.83. The highest BCUT2D eigenvalue weighted by Gasteiger charge is 2.10. The zero-order valence-electron chi connectivity index (χ0n) is 14.3. The van der Waals surface area contributed by atoms with E-state index in [1.54, 1.807) is 11.8 Å². The summed E-state index contributed by atoms with van der Waals surface area (Å²) in [6.07, 6.45) is 4.96. The first-order valence-corrected chi connectivity index (χ1v) is 9.47. The van der Waals surface area contributed by atoms with E-state index in [1.165, 1.54) is 5.56 Å². The first-order valence-electron chi connectivity index (χ1n) is 8.21. The van der Waals surface area contributed by atoms with E-state index in [9.17, 15) is 0 Å². The van der Waals surface area contributed by atoms with Crippen LogP contribution in [-0.2, 0) is 6.42 Å². The quantitative estimate of drug-likeness (QED) is 0.477. The maximum atomic E-state index is 5.99. The van der Waals surface area contributed by atoms with Crippen molar-refractivity contribution in [2.24, 2.45) is 0 Å². The average molecular weight is 383 g/mol. The summed E-state index contributed by atoms with van der Waals surface area (Å²) in [6, 6.07) is 18.3. The summed E-state index contributed by atoms with van der Waals surface area (Å²) in [5.41, 5.74) is 8.52. The highest BCUT2D eigenvalue weighted by atomic mass is 35.5. The van der Waals surface area contributed by atoms with Gasteiger partial charge in [0.1, 0.15) is 0 Å². The van der Waals surface area contributed by atoms with Crippen LogP contribution in [0.5, 0.6) is 0 Å². The minimum Gasteiger partial charge on any atom is -0.366 e. The monoisotopic (exact) mass is 382 g/mol. The molecule has 0 aliphatic rings. The van der Waals surface area contributed by atoms with Gasteiger partial charge < -0.3 is 5.73 Å². The van der Waals surface area contributed by atoms with Crippen LogP contribution < -0.4 is 5.73 Å². The van der Waals surface area contributed by atoms with Gasteiger partial charge in [-0.05, 0) is 36.8 Å². The van der Waals surface area contributed by atoms with Gasteiger partial charge in [0.2, 0.25) is 5.95 Å². The highest BCUT2D eigenvalue weighted by molar-refractivity contribution is 7.99. The van der Waals surface area contributed by atoms with E-state index in [4.69, 9.17) is 17.3 Å². The second-order valence-corrected chi connectivity index (χ2v) is 7.39. The third kappa shape index (κ3) is 5.07. The highest BCUT2D eigenvalue weighted by Crippen LogP contribution is 2.36. The summed E-state index contributed by atoms with van der Waals surface area (Å²) in [4.78, 5) is 5.43. The van der Waals surface area contributed by atoms with Crippen molar-refractivity contribution in [3.05, 3.63) is 88.7 Å². The number of allylic oxidation sites excluding steroid dienone is 1. The average Bonchev–Trinajstić information content (AvgIpc) is 2.66. The Bertz CT molecular complexity index is 882. The van der Waals surface area contributed by atoms with Crippen molar-refractivity contribution in [1.82, 2.24) is 15.2 Å². The Hall–Kier alpha value is -2.37. The molecule has 1 aromatic heterocycles. The number of nitrogens with two attached hydrogens (primary N) is 1. The molecule has 0 saturated carbocycles. The molecule has 0 radical (unpaired) electrons. The Kier molecular flexibility index (Phi) is 6.26. The zero-order chi connectivity index (χ0) is 18.4. The van der Waals surface area contributed by atoms with Gasteiger partial charge in [-0.1, -0.05) is 54.1 Å². The van der Waals surface area contributed by atoms with Gasteiger partial charge in [-0.2, -0.15) is 5.10 Å². The lowest BCUT2D eigenvalue weighted by molar-refractivity contribution is 0.889. The molecule has 0 aliphatic heterocycles. The molecule has 0 aliphatic carbocycles. The van der Waals surface area contributed by atoms with Crippen LogP contribution >= 0.6 is 23.4 Å². The van der Waals surface area contributed by atoms with Crippen LogP contribution in [0.15, 0.2) is 71.6 Å². The Labute approximate surface area is 162 Å². The molecule has 1 atom stereocenters. The number of aromatic nitrogens is 3. The van der Waals surface area contributed by atoms with Crippen molar-refractivity contribution in [2.45, 2.75) is 23.5 Å². The van der Waals surface area contributed by atoms with Crippen LogP contribution in [0.3, 0.4) is 0 Å². The maximum absolute atomic E-state index is 5.99. The third-order valence-electron chi connectivity index (χ3n) is 3.80. The molecule has 6 heteroatoms. The fraction of sp³-hybridized carbons (Fsp3) is 0.150. The number of nitrogen functional groups attached to an aromatic ring is 1. The van der Waals surface area contributed by atoms with Gasteiger partial charge in [-0.25, -0.2) is 4.98 Å². The van der Waals surface area contributed by atoms with Gasteiger partial charge >= 0.3 is 0 Å². The lowest BCUT2D eigenvalue weighted by Gasteiger charge is -2.13. The first kappa shape index (κ1) is 18.4. The van der Waals surface area contributed by atoms with E-state index in [-0.39, 0.29) is 11.2 Å². The number of benzene rings is 2. The topological polar surface area (TPSA) is 64.7 Å². The summed E-state index contributed by atoms with van der Waals surface area (Å²) >= 11 is 7.77. The molecule has 1 heterocycles. The molecule has 4 nitrogen and oxygen atoms in total. The van der Waals surface area contributed by atoms with Crippen LogP contribution in [0, 0.1) is 6.92 Å². The zero-order valence-corrected chi connectivity index (χ0v) is 15.9. The van der Waals surface area contributed by atoms with Gasteiger partial charge in [0.15, 0.2) is 0 Å². The summed E-state index contributed by atoms with van der Waals surface area (Å²) in [5.74, 6) is 0.203. The summed E-state index contributed by atoms with van der Waals surface area (Å²) in [6.45, 7) is 1.89. The molecule has 2 N–H and O–H groups in total. The van der Waals surface area contributed by atoms with Crippen molar-refractivity contribution in [2.75, 3.05) is 5.73 Å². The fourth-order valence-electron chi connectivity index (χ4n) is 2.44. The van der Waals surface area contributed by atoms with Crippen molar-refractivity contribution in [1.29, 1.82) is 0 Å². The number of halogens is 1. The SMILES string of the molecule is Cc1nnc(N)nc1C/C=C/C(Sc1ccc(Cl)cc1)c1ccccc1. The van der Waals surface area contributed by atoms with E-state index >= 15 is 0 Å². The molecular weight excluding hydrogens is 364 g/mol. The van der Waals surface area contributed by atoms with Crippen molar-refractivity contribution >= 4 is 29.3 Å². The molecule has 0 saturated heterocycles. The van der Waals surface area contributed by atoms with Crippen molar-refractivity contribution in [3.63, 3.8) is 0 Å². The van der Waals surface area contributed by atoms with Crippen LogP contribution in [0.25, 0.3) is 0 Å². The molecule has 2 aromatic carbocycles. The molecule has 0 fully saturated rings. The van der Waals surface area contributed by atoms with Gasteiger partial charge in [0.25, 0.3) is 0 Å². The maximum Gasteiger partial charge on any atom is 0.240 e. The van der Waals surface area contributed by atoms with Gasteiger partial charge in [-0.3, -0.25) is 0 Å². The Morgan fingerprint density at radius 3 is 2.54 bits per heavy atom. The van der Waals surface area contributed by atoms with Crippen LogP contribution in [0.1, 0.15) is 22.2 Å². The number of nitrogens with zero attached hydrogens (tertiary/aromatic N) is 3. The van der Waals surface area contributed by atoms with E-state index in [2.05, 4.69) is 51.6 Å². The van der Waals surface area contributed by atoms with Crippen molar-refractivity contribution < 1.29 is 0 Å². The van der Waals surface area contributed by atoms with E-state index < -0.39 is 0 Å². The molecule has 0 spiro atoms. The largest absolute Gasteiger partial charge is 0.366 e. The predicted octanol–water partition coefficient (Wildman–Crippen LogP) is 5.05. The molecule has 3 aromatic rings. The first-order chi connectivity index (χ1) is 12.6. The summed E-state index contributed by atoms with van der Waals surface area (Å²) < 4.78 is 0. The molecule has 0 bridgehead atoms. The minimum atomic E-state index is 0.185. The van der Waals surface area contributed by atoms with E-state index in [0.29, 0.717) is 6.42 Å². The lowest BCUT2D eigenvalue weighted by atomic mass is 10.1. The Morgan fingerprint density at radius 1 is 1.08 bits per heavy atom. The normalized spacial score (nSPS) is 12.4. The smallest absolute Gasteiger partial charge is 0.240 e. The summed E-state index contributed by atoms with van der Waals surface area (Å²) in [5, 5.41) is 8.72. The minimum absolute atomic E-state index is 0.185. The molecule has 26 heavy (non-hydrogen) atoms. The Balaban J connectivity index is 1.79. The number of aryl methyl sites for hydroxylation is 1. The Morgan fingerprint density at radius 2 is 1.81 bits per heavy atom. The second-order valence-electron chi connectivity index (χ2n) is 5.74. The number of rotatable bonds is 6. The molecular formula is C20H19ClN4S. The van der Waals surface area contributed by atoms with Gasteiger partial charge in [-0.15, -0.1) is 16.9 Å². The summed E-state index contributed by atoms with van der Waals surface area (Å²) in [7, 11) is 0. The molecule has 3 rings (SSSR count). The number of thioether (sulfide) groups is 1. The van der Waals surface area contributed by atoms with Crippen molar-refractivity contribution in [3.8, 4) is 0 Å². The lowest BCUT2D eigenvalue weighted by Crippen LogP contribution is -2.04. The van der Waals surface area contributed by atoms with Crippen LogP contribution in [0.4, 0.5) is 5.95 Å². The fourth-order valence-corrected chi connectivity index (χ4v) is 3.64. The molecule has 0 amide bonds. The van der Waals surface area contributed by atoms with E-state index in [0.717, 1.165) is 21.3 Å². The molecule has 1 unspecified atom stereocenters. The number of anilines is 1. The standard InChI is InChI=1S/C20H19ClN4S/c1-14-18(23-20(22)25-24-14)8-5-9-19(15-6-3-2-4-7-15)26-17-12-10-16(21)11-13-17/h2-7,9-13,19H,8H2,1H3,(H2,22,23,25)/b9-5+.